The summed E-state index contributed by atoms with van der Waals surface area (Å²) in [7, 11) is 0. The van der Waals surface area contributed by atoms with Gasteiger partial charge in [0.05, 0.1) is 5.69 Å². The van der Waals surface area contributed by atoms with Crippen molar-refractivity contribution in [3.63, 3.8) is 0 Å². The van der Waals surface area contributed by atoms with Crippen LogP contribution in [0.1, 0.15) is 27.9 Å². The van der Waals surface area contributed by atoms with Crippen LogP contribution in [0.3, 0.4) is 0 Å². The maximum Gasteiger partial charge on any atom is 0.286 e. The fourth-order valence-corrected chi connectivity index (χ4v) is 3.20. The Kier molecular flexibility index (Phi) is 5.78. The highest BCUT2D eigenvalue weighted by molar-refractivity contribution is 6.35. The van der Waals surface area contributed by atoms with Crippen LogP contribution in [0.5, 0.6) is 5.75 Å². The molecule has 1 heterocycles. The molecular formula is C21H19Cl2NO3. The molecule has 1 N–H and O–H groups in total. The highest BCUT2D eigenvalue weighted by Gasteiger charge is 2.09. The summed E-state index contributed by atoms with van der Waals surface area (Å²) in [6.45, 7) is 3.60. The van der Waals surface area contributed by atoms with E-state index in [2.05, 4.69) is 0 Å². The minimum atomic E-state index is -0.427. The Bertz CT molecular complexity index is 1030. The molecule has 3 aromatic rings. The highest BCUT2D eigenvalue weighted by atomic mass is 35.5. The summed E-state index contributed by atoms with van der Waals surface area (Å²) in [6.07, 6.45) is 0.684. The van der Waals surface area contributed by atoms with Gasteiger partial charge in [-0.15, -0.1) is 4.73 Å². The van der Waals surface area contributed by atoms with Gasteiger partial charge in [-0.05, 0) is 67.3 Å². The van der Waals surface area contributed by atoms with Crippen molar-refractivity contribution < 1.29 is 9.94 Å². The zero-order valence-electron chi connectivity index (χ0n) is 15.0. The Hall–Kier alpha value is -2.43. The third-order valence-corrected chi connectivity index (χ3v) is 5.07. The van der Waals surface area contributed by atoms with E-state index in [1.807, 2.05) is 43.3 Å². The van der Waals surface area contributed by atoms with Crippen LogP contribution < -0.4 is 10.3 Å². The van der Waals surface area contributed by atoms with Gasteiger partial charge in [0.1, 0.15) is 12.4 Å². The molecule has 6 heteroatoms. The molecule has 0 spiro atoms. The van der Waals surface area contributed by atoms with Gasteiger partial charge >= 0.3 is 0 Å². The number of ether oxygens (including phenoxy) is 1. The SMILES string of the molecule is Cc1cc(COc2ccc(Cc3ccc(Cl)cc3Cl)cc2)n(O)c(=O)c1C. The number of rotatable bonds is 5. The van der Waals surface area contributed by atoms with Crippen LogP contribution in [0, 0.1) is 13.8 Å². The molecule has 0 aliphatic carbocycles. The van der Waals surface area contributed by atoms with E-state index in [1.165, 1.54) is 0 Å². The second-order valence-corrected chi connectivity index (χ2v) is 7.25. The molecule has 0 aliphatic heterocycles. The number of halogens is 2. The topological polar surface area (TPSA) is 51.5 Å². The number of nitrogens with zero attached hydrogens (tertiary/aromatic N) is 1. The van der Waals surface area contributed by atoms with Crippen LogP contribution in [0.4, 0.5) is 0 Å². The van der Waals surface area contributed by atoms with Crippen molar-refractivity contribution in [2.45, 2.75) is 26.9 Å². The second kappa shape index (κ2) is 8.07. The molecule has 0 saturated carbocycles. The van der Waals surface area contributed by atoms with E-state index in [1.54, 1.807) is 19.1 Å². The maximum absolute atomic E-state index is 11.9. The molecule has 4 nitrogen and oxygen atoms in total. The van der Waals surface area contributed by atoms with Gasteiger partial charge in [0, 0.05) is 15.6 Å². The van der Waals surface area contributed by atoms with Gasteiger partial charge in [0.15, 0.2) is 0 Å². The van der Waals surface area contributed by atoms with Crippen molar-refractivity contribution >= 4 is 23.2 Å². The van der Waals surface area contributed by atoms with E-state index in [-0.39, 0.29) is 6.61 Å². The second-order valence-electron chi connectivity index (χ2n) is 6.41. The van der Waals surface area contributed by atoms with Crippen LogP contribution in [0.25, 0.3) is 0 Å². The molecule has 1 aromatic heterocycles. The lowest BCUT2D eigenvalue weighted by Gasteiger charge is -2.12. The molecule has 140 valence electrons. The minimum absolute atomic E-state index is 0.0925. The van der Waals surface area contributed by atoms with Gasteiger partial charge in [-0.3, -0.25) is 4.79 Å². The summed E-state index contributed by atoms with van der Waals surface area (Å²) in [5.74, 6) is 0.645. The molecule has 0 amide bonds. The van der Waals surface area contributed by atoms with E-state index < -0.39 is 5.56 Å². The summed E-state index contributed by atoms with van der Waals surface area (Å²) in [6, 6.07) is 14.8. The Labute approximate surface area is 167 Å². The predicted molar refractivity (Wildman–Crippen MR) is 107 cm³/mol. The van der Waals surface area contributed by atoms with E-state index in [4.69, 9.17) is 27.9 Å². The first kappa shape index (κ1) is 19.3. The van der Waals surface area contributed by atoms with Crippen LogP contribution in [0.15, 0.2) is 53.3 Å². The van der Waals surface area contributed by atoms with Crippen LogP contribution in [-0.4, -0.2) is 9.94 Å². The summed E-state index contributed by atoms with van der Waals surface area (Å²) in [5.41, 5.74) is 3.39. The monoisotopic (exact) mass is 403 g/mol. The predicted octanol–water partition coefficient (Wildman–Crippen LogP) is 5.18. The molecule has 0 unspecified atom stereocenters. The lowest BCUT2D eigenvalue weighted by molar-refractivity contribution is 0.147. The van der Waals surface area contributed by atoms with E-state index in [9.17, 15) is 10.0 Å². The van der Waals surface area contributed by atoms with Crippen molar-refractivity contribution in [2.75, 3.05) is 0 Å². The van der Waals surface area contributed by atoms with Crippen molar-refractivity contribution in [3.8, 4) is 5.75 Å². The average Bonchev–Trinajstić information content (AvgIpc) is 2.65. The standard InChI is InChI=1S/C21H19Cl2NO3/c1-13-9-18(24(26)21(25)14(13)2)12-27-19-7-3-15(4-8-19)10-16-5-6-17(22)11-20(16)23/h3-9,11,26H,10,12H2,1-2H3. The third kappa shape index (κ3) is 4.46. The van der Waals surface area contributed by atoms with Crippen molar-refractivity contribution in [1.29, 1.82) is 0 Å². The zero-order valence-corrected chi connectivity index (χ0v) is 16.5. The first-order chi connectivity index (χ1) is 12.8. The van der Waals surface area contributed by atoms with Crippen LogP contribution in [0.2, 0.25) is 10.0 Å². The lowest BCUT2D eigenvalue weighted by atomic mass is 10.0. The van der Waals surface area contributed by atoms with Crippen molar-refractivity contribution in [2.24, 2.45) is 0 Å². The third-order valence-electron chi connectivity index (χ3n) is 4.48. The molecule has 0 fully saturated rings. The summed E-state index contributed by atoms with van der Waals surface area (Å²) < 4.78 is 6.34. The van der Waals surface area contributed by atoms with Gasteiger partial charge in [-0.25, -0.2) is 0 Å². The van der Waals surface area contributed by atoms with Crippen LogP contribution in [-0.2, 0) is 13.0 Å². The quantitative estimate of drug-likeness (QED) is 0.597. The summed E-state index contributed by atoms with van der Waals surface area (Å²) >= 11 is 12.1. The van der Waals surface area contributed by atoms with Gasteiger partial charge in [0.25, 0.3) is 5.56 Å². The Morgan fingerprint density at radius 1 is 1.04 bits per heavy atom. The molecule has 0 saturated heterocycles. The fourth-order valence-electron chi connectivity index (χ4n) is 2.73. The molecule has 0 atom stereocenters. The first-order valence-corrected chi connectivity index (χ1v) is 9.18. The minimum Gasteiger partial charge on any atom is -0.487 e. The molecule has 0 radical (unpaired) electrons. The number of aryl methyl sites for hydroxylation is 1. The molecule has 0 aliphatic rings. The van der Waals surface area contributed by atoms with Gasteiger partial charge < -0.3 is 9.94 Å². The van der Waals surface area contributed by atoms with Crippen LogP contribution >= 0.6 is 23.2 Å². The molecule has 2 aromatic carbocycles. The summed E-state index contributed by atoms with van der Waals surface area (Å²) in [4.78, 5) is 11.9. The number of aromatic nitrogens is 1. The Morgan fingerprint density at radius 3 is 2.41 bits per heavy atom. The van der Waals surface area contributed by atoms with E-state index in [0.29, 0.717) is 38.2 Å². The largest absolute Gasteiger partial charge is 0.487 e. The first-order valence-electron chi connectivity index (χ1n) is 8.42. The van der Waals surface area contributed by atoms with Crippen molar-refractivity contribution in [3.05, 3.63) is 96.9 Å². The highest BCUT2D eigenvalue weighted by Crippen LogP contribution is 2.24. The van der Waals surface area contributed by atoms with E-state index >= 15 is 0 Å². The number of benzene rings is 2. The molecule has 3 rings (SSSR count). The molecular weight excluding hydrogens is 385 g/mol. The zero-order chi connectivity index (χ0) is 19.6. The normalized spacial score (nSPS) is 10.8. The molecule has 0 bridgehead atoms. The average molecular weight is 404 g/mol. The fraction of sp³-hybridized carbons (Fsp3) is 0.190. The number of pyridine rings is 1. The van der Waals surface area contributed by atoms with Gasteiger partial charge in [-0.2, -0.15) is 0 Å². The van der Waals surface area contributed by atoms with E-state index in [0.717, 1.165) is 16.7 Å². The number of hydrogen-bond acceptors (Lipinski definition) is 3. The Balaban J connectivity index is 1.69. The number of hydrogen-bond donors (Lipinski definition) is 1. The van der Waals surface area contributed by atoms with Gasteiger partial charge in [0.2, 0.25) is 0 Å². The smallest absolute Gasteiger partial charge is 0.286 e. The summed E-state index contributed by atoms with van der Waals surface area (Å²) in [5, 5.41) is 11.2. The molecule has 27 heavy (non-hydrogen) atoms. The Morgan fingerprint density at radius 2 is 1.74 bits per heavy atom. The van der Waals surface area contributed by atoms with Crippen molar-refractivity contribution in [1.82, 2.24) is 4.73 Å². The lowest BCUT2D eigenvalue weighted by Crippen LogP contribution is -2.25. The maximum atomic E-state index is 11.9. The van der Waals surface area contributed by atoms with Gasteiger partial charge in [-0.1, -0.05) is 41.4 Å².